The number of fused-ring (bicyclic) bond motifs is 3. The largest absolute Gasteiger partial charge is 0.488 e. The quantitative estimate of drug-likeness (QED) is 0.661. The first-order chi connectivity index (χ1) is 8.16. The summed E-state index contributed by atoms with van der Waals surface area (Å²) in [5, 5.41) is 21.1. The molecule has 0 saturated carbocycles. The third-order valence-corrected chi connectivity index (χ3v) is 4.20. The maximum absolute atomic E-state index is 9.15. The molecule has 2 N–H and O–H groups in total. The van der Waals surface area contributed by atoms with Crippen LogP contribution in [0.2, 0.25) is 5.02 Å². The first kappa shape index (κ1) is 11.0. The summed E-state index contributed by atoms with van der Waals surface area (Å²) in [6.07, 6.45) is 0. The third kappa shape index (κ3) is 1.74. The molecule has 0 saturated heterocycles. The molecule has 0 bridgehead atoms. The van der Waals surface area contributed by atoms with E-state index >= 15 is 0 Å². The Morgan fingerprint density at radius 3 is 2.65 bits per heavy atom. The maximum atomic E-state index is 9.15. The molecular weight excluding hydrogens is 254 g/mol. The first-order valence-corrected chi connectivity index (χ1v) is 6.33. The van der Waals surface area contributed by atoms with Crippen molar-refractivity contribution < 1.29 is 10.0 Å². The van der Waals surface area contributed by atoms with Crippen molar-refractivity contribution in [3.05, 3.63) is 41.4 Å². The summed E-state index contributed by atoms with van der Waals surface area (Å²) in [5.41, 5.74) is 0.500. The van der Waals surface area contributed by atoms with E-state index < -0.39 is 7.12 Å². The molecule has 2 nitrogen and oxygen atoms in total. The normalized spacial score (nSPS) is 11.2. The molecule has 1 aromatic heterocycles. The van der Waals surface area contributed by atoms with Crippen molar-refractivity contribution in [2.45, 2.75) is 0 Å². The molecule has 17 heavy (non-hydrogen) atoms. The first-order valence-electron chi connectivity index (χ1n) is 5.13. The zero-order chi connectivity index (χ0) is 12.0. The minimum absolute atomic E-state index is 0.500. The molecular formula is C12H8BClO2S. The summed E-state index contributed by atoms with van der Waals surface area (Å²) in [5.74, 6) is 0. The van der Waals surface area contributed by atoms with E-state index in [0.717, 1.165) is 25.2 Å². The van der Waals surface area contributed by atoms with Gasteiger partial charge >= 0.3 is 7.12 Å². The Kier molecular flexibility index (Phi) is 2.60. The molecule has 0 fully saturated rings. The highest BCUT2D eigenvalue weighted by Crippen LogP contribution is 2.37. The van der Waals surface area contributed by atoms with Crippen molar-refractivity contribution >= 4 is 55.7 Å². The fraction of sp³-hybridized carbons (Fsp3) is 0. The molecule has 0 aliphatic carbocycles. The lowest BCUT2D eigenvalue weighted by atomic mass is 9.80. The minimum atomic E-state index is -1.43. The highest BCUT2D eigenvalue weighted by molar-refractivity contribution is 7.26. The lowest BCUT2D eigenvalue weighted by molar-refractivity contribution is 0.426. The van der Waals surface area contributed by atoms with Crippen LogP contribution in [-0.2, 0) is 0 Å². The van der Waals surface area contributed by atoms with E-state index in [9.17, 15) is 0 Å². The summed E-state index contributed by atoms with van der Waals surface area (Å²) in [6, 6.07) is 11.2. The highest BCUT2D eigenvalue weighted by atomic mass is 35.5. The number of halogens is 1. The number of hydrogen-bond acceptors (Lipinski definition) is 3. The number of hydrogen-bond donors (Lipinski definition) is 2. The Balaban J connectivity index is 2.40. The second kappa shape index (κ2) is 4.00. The van der Waals surface area contributed by atoms with Gasteiger partial charge in [-0.1, -0.05) is 29.8 Å². The summed E-state index contributed by atoms with van der Waals surface area (Å²) in [6.45, 7) is 0. The summed E-state index contributed by atoms with van der Waals surface area (Å²) in [7, 11) is -1.43. The van der Waals surface area contributed by atoms with Crippen LogP contribution in [-0.4, -0.2) is 17.2 Å². The molecule has 2 aromatic carbocycles. The van der Waals surface area contributed by atoms with Gasteiger partial charge in [0.25, 0.3) is 0 Å². The molecule has 0 aliphatic heterocycles. The van der Waals surface area contributed by atoms with Gasteiger partial charge in [0, 0.05) is 25.2 Å². The number of thiophene rings is 1. The van der Waals surface area contributed by atoms with Gasteiger partial charge in [-0.3, -0.25) is 0 Å². The van der Waals surface area contributed by atoms with Crippen molar-refractivity contribution in [2.75, 3.05) is 0 Å². The highest BCUT2D eigenvalue weighted by Gasteiger charge is 2.14. The SMILES string of the molecule is OB(O)c1ccc2c(c1)sc1cccc(Cl)c12. The molecule has 0 atom stereocenters. The van der Waals surface area contributed by atoms with E-state index in [1.54, 1.807) is 23.5 Å². The minimum Gasteiger partial charge on any atom is -0.423 e. The third-order valence-electron chi connectivity index (χ3n) is 2.77. The van der Waals surface area contributed by atoms with E-state index in [1.165, 1.54) is 0 Å². The van der Waals surface area contributed by atoms with Crippen molar-refractivity contribution in [1.29, 1.82) is 0 Å². The van der Waals surface area contributed by atoms with Crippen LogP contribution in [0.1, 0.15) is 0 Å². The second-order valence-corrected chi connectivity index (χ2v) is 5.34. The lowest BCUT2D eigenvalue weighted by Crippen LogP contribution is -2.29. The Morgan fingerprint density at radius 2 is 1.88 bits per heavy atom. The van der Waals surface area contributed by atoms with E-state index in [-0.39, 0.29) is 0 Å². The van der Waals surface area contributed by atoms with E-state index in [4.69, 9.17) is 21.6 Å². The predicted octanol–water partition coefficient (Wildman–Crippen LogP) is 2.39. The summed E-state index contributed by atoms with van der Waals surface area (Å²) >= 11 is 7.79. The lowest BCUT2D eigenvalue weighted by Gasteiger charge is -1.99. The van der Waals surface area contributed by atoms with Gasteiger partial charge in [0.15, 0.2) is 0 Å². The van der Waals surface area contributed by atoms with Crippen LogP contribution in [0.5, 0.6) is 0 Å². The standard InChI is InChI=1S/C12H8BClO2S/c14-9-2-1-3-10-12(9)8-5-4-7(13(15)16)6-11(8)17-10/h1-6,15-16H. The smallest absolute Gasteiger partial charge is 0.423 e. The Morgan fingerprint density at radius 1 is 1.06 bits per heavy atom. The second-order valence-electron chi connectivity index (χ2n) is 3.84. The van der Waals surface area contributed by atoms with Crippen LogP contribution >= 0.6 is 22.9 Å². The predicted molar refractivity (Wildman–Crippen MR) is 74.2 cm³/mol. The van der Waals surface area contributed by atoms with Crippen LogP contribution in [0.4, 0.5) is 0 Å². The molecule has 0 aliphatic rings. The Labute approximate surface area is 107 Å². The topological polar surface area (TPSA) is 40.5 Å². The molecule has 0 amide bonds. The zero-order valence-corrected chi connectivity index (χ0v) is 10.3. The van der Waals surface area contributed by atoms with Crippen LogP contribution < -0.4 is 5.46 Å². The molecule has 0 spiro atoms. The van der Waals surface area contributed by atoms with Gasteiger partial charge in [-0.2, -0.15) is 0 Å². The molecule has 1 heterocycles. The molecule has 3 aromatic rings. The van der Waals surface area contributed by atoms with Crippen molar-refractivity contribution in [1.82, 2.24) is 0 Å². The maximum Gasteiger partial charge on any atom is 0.488 e. The van der Waals surface area contributed by atoms with Crippen LogP contribution in [0.15, 0.2) is 36.4 Å². The van der Waals surface area contributed by atoms with E-state index in [1.807, 2.05) is 24.3 Å². The van der Waals surface area contributed by atoms with Crippen molar-refractivity contribution in [3.63, 3.8) is 0 Å². The zero-order valence-electron chi connectivity index (χ0n) is 8.72. The number of rotatable bonds is 1. The molecule has 0 radical (unpaired) electrons. The molecule has 84 valence electrons. The van der Waals surface area contributed by atoms with Gasteiger partial charge in [-0.25, -0.2) is 0 Å². The number of benzene rings is 2. The van der Waals surface area contributed by atoms with Gasteiger partial charge in [0.05, 0.1) is 0 Å². The van der Waals surface area contributed by atoms with Gasteiger partial charge < -0.3 is 10.0 Å². The van der Waals surface area contributed by atoms with Crippen molar-refractivity contribution in [3.8, 4) is 0 Å². The fourth-order valence-electron chi connectivity index (χ4n) is 1.96. The Bertz CT molecular complexity index is 708. The molecule has 5 heteroatoms. The average molecular weight is 263 g/mol. The van der Waals surface area contributed by atoms with Crippen molar-refractivity contribution in [2.24, 2.45) is 0 Å². The monoisotopic (exact) mass is 262 g/mol. The summed E-state index contributed by atoms with van der Waals surface area (Å²) < 4.78 is 2.12. The fourth-order valence-corrected chi connectivity index (χ4v) is 3.47. The van der Waals surface area contributed by atoms with Gasteiger partial charge in [-0.15, -0.1) is 11.3 Å². The van der Waals surface area contributed by atoms with Crippen LogP contribution in [0.25, 0.3) is 20.2 Å². The van der Waals surface area contributed by atoms with E-state index in [0.29, 0.717) is 5.46 Å². The molecule has 0 unspecified atom stereocenters. The summed E-state index contributed by atoms with van der Waals surface area (Å²) in [4.78, 5) is 0. The van der Waals surface area contributed by atoms with Crippen LogP contribution in [0.3, 0.4) is 0 Å². The van der Waals surface area contributed by atoms with Gasteiger partial charge in [-0.05, 0) is 23.7 Å². The molecule has 3 rings (SSSR count). The average Bonchev–Trinajstić information content (AvgIpc) is 2.67. The Hall–Kier alpha value is -1.07. The van der Waals surface area contributed by atoms with Crippen LogP contribution in [0, 0.1) is 0 Å². The van der Waals surface area contributed by atoms with Gasteiger partial charge in [0.1, 0.15) is 0 Å². The van der Waals surface area contributed by atoms with E-state index in [2.05, 4.69) is 0 Å². The van der Waals surface area contributed by atoms with Gasteiger partial charge in [0.2, 0.25) is 0 Å².